The minimum absolute atomic E-state index is 0.0855. The molecule has 5 rings (SSSR count). The molecule has 4 atom stereocenters. The molecule has 1 amide bonds. The molecule has 9 heteroatoms. The van der Waals surface area contributed by atoms with Crippen molar-refractivity contribution in [2.45, 2.75) is 43.8 Å². The summed E-state index contributed by atoms with van der Waals surface area (Å²) in [5, 5.41) is 6.21. The number of amides is 1. The van der Waals surface area contributed by atoms with Crippen LogP contribution in [0.3, 0.4) is 0 Å². The minimum atomic E-state index is -1.33. The van der Waals surface area contributed by atoms with Crippen LogP contribution in [-0.2, 0) is 11.2 Å². The Labute approximate surface area is 248 Å². The predicted octanol–water partition coefficient (Wildman–Crippen LogP) is 6.14. The van der Waals surface area contributed by atoms with Crippen LogP contribution in [0.4, 0.5) is 28.9 Å². The number of para-hydroxylation sites is 1. The molecule has 1 fully saturated rings. The fraction of sp³-hybridized carbons (Fsp3) is 0.265. The molecule has 0 saturated carbocycles. The van der Waals surface area contributed by atoms with E-state index < -0.39 is 41.1 Å². The summed E-state index contributed by atoms with van der Waals surface area (Å²) in [7, 11) is 0. The van der Waals surface area contributed by atoms with Gasteiger partial charge in [-0.05, 0) is 79.4 Å². The van der Waals surface area contributed by atoms with Crippen molar-refractivity contribution in [2.24, 2.45) is 5.73 Å². The van der Waals surface area contributed by atoms with E-state index >= 15 is 4.39 Å². The molecular formula is C34H34F4N4O. The van der Waals surface area contributed by atoms with Gasteiger partial charge in [0.1, 0.15) is 23.3 Å². The third-order valence-electron chi connectivity index (χ3n) is 7.98. The number of hydrogen-bond acceptors (Lipinski definition) is 4. The van der Waals surface area contributed by atoms with E-state index in [1.165, 1.54) is 36.4 Å². The van der Waals surface area contributed by atoms with Crippen LogP contribution in [0.25, 0.3) is 0 Å². The number of halogens is 4. The van der Waals surface area contributed by atoms with Gasteiger partial charge in [0.15, 0.2) is 0 Å². The molecule has 43 heavy (non-hydrogen) atoms. The average molecular weight is 591 g/mol. The maximum atomic E-state index is 15.2. The normalized spacial score (nSPS) is 18.2. The van der Waals surface area contributed by atoms with Gasteiger partial charge in [0.2, 0.25) is 5.91 Å². The molecule has 224 valence electrons. The Kier molecular flexibility index (Phi) is 9.43. The molecule has 0 radical (unpaired) electrons. The highest BCUT2D eigenvalue weighted by atomic mass is 19.1. The molecule has 5 nitrogen and oxygen atoms in total. The second-order valence-electron chi connectivity index (χ2n) is 11.0. The number of carbonyl (C=O) groups excluding carboxylic acids is 1. The van der Waals surface area contributed by atoms with E-state index in [1.807, 2.05) is 18.2 Å². The Bertz CT molecular complexity index is 1530. The number of carbonyl (C=O) groups is 1. The van der Waals surface area contributed by atoms with Gasteiger partial charge < -0.3 is 21.3 Å². The van der Waals surface area contributed by atoms with Crippen molar-refractivity contribution >= 4 is 17.3 Å². The molecule has 0 aliphatic carbocycles. The second-order valence-corrected chi connectivity index (χ2v) is 11.0. The van der Waals surface area contributed by atoms with Crippen LogP contribution < -0.4 is 21.3 Å². The lowest BCUT2D eigenvalue weighted by atomic mass is 9.84. The van der Waals surface area contributed by atoms with Crippen molar-refractivity contribution in [2.75, 3.05) is 23.3 Å². The number of piperazine rings is 1. The van der Waals surface area contributed by atoms with Crippen molar-refractivity contribution in [3.63, 3.8) is 0 Å². The number of nitrogens with zero attached hydrogens (tertiary/aromatic N) is 1. The van der Waals surface area contributed by atoms with E-state index in [9.17, 15) is 18.0 Å². The third kappa shape index (κ3) is 7.06. The molecule has 1 aliphatic rings. The smallest absolute Gasteiger partial charge is 0.242 e. The van der Waals surface area contributed by atoms with E-state index in [4.69, 9.17) is 5.73 Å². The highest BCUT2D eigenvalue weighted by Gasteiger charge is 2.31. The third-order valence-corrected chi connectivity index (χ3v) is 7.98. The standard InChI is InChI=1S/C34H34F4N4O/c1-21-19-40-20-28(42(21)27-6-3-2-4-7-27)14-15-29-30(38)8-5-9-31(29)41-34(43)33(39)32(22-10-12-24(35)13-11-22)23-16-25(36)18-26(37)17-23/h2-13,16-18,21,28,32-33,40H,14-15,19-20,39H2,1H3,(H,41,43)/t21-,28-,32-,33-/m0/s1. The quantitative estimate of drug-likeness (QED) is 0.205. The monoisotopic (exact) mass is 590 g/mol. The predicted molar refractivity (Wildman–Crippen MR) is 161 cm³/mol. The molecule has 1 heterocycles. The molecule has 1 saturated heterocycles. The highest BCUT2D eigenvalue weighted by Crippen LogP contribution is 2.31. The van der Waals surface area contributed by atoms with Gasteiger partial charge in [0, 0.05) is 54.1 Å². The zero-order valence-corrected chi connectivity index (χ0v) is 23.7. The first kappa shape index (κ1) is 30.3. The summed E-state index contributed by atoms with van der Waals surface area (Å²) in [6.45, 7) is 3.70. The summed E-state index contributed by atoms with van der Waals surface area (Å²) >= 11 is 0. The van der Waals surface area contributed by atoms with E-state index in [1.54, 1.807) is 6.07 Å². The van der Waals surface area contributed by atoms with Gasteiger partial charge in [-0.1, -0.05) is 36.4 Å². The zero-order chi connectivity index (χ0) is 30.5. The molecule has 0 bridgehead atoms. The Morgan fingerprint density at radius 1 is 0.884 bits per heavy atom. The fourth-order valence-corrected chi connectivity index (χ4v) is 5.96. The van der Waals surface area contributed by atoms with E-state index in [2.05, 4.69) is 34.6 Å². The molecule has 0 spiro atoms. The second kappa shape index (κ2) is 13.4. The van der Waals surface area contributed by atoms with Gasteiger partial charge in [-0.3, -0.25) is 4.79 Å². The fourth-order valence-electron chi connectivity index (χ4n) is 5.96. The van der Waals surface area contributed by atoms with Gasteiger partial charge in [-0.2, -0.15) is 0 Å². The van der Waals surface area contributed by atoms with Crippen LogP contribution in [-0.4, -0.2) is 37.1 Å². The number of rotatable bonds is 9. The van der Waals surface area contributed by atoms with E-state index in [-0.39, 0.29) is 23.3 Å². The van der Waals surface area contributed by atoms with Gasteiger partial charge in [-0.25, -0.2) is 17.6 Å². The Morgan fingerprint density at radius 3 is 2.28 bits per heavy atom. The summed E-state index contributed by atoms with van der Waals surface area (Å²) in [6, 6.07) is 21.6. The SMILES string of the molecule is C[C@H]1CNC[C@H](CCc2c(F)cccc2NC(=O)[C@@H](N)[C@@H](c2ccc(F)cc2)c2cc(F)cc(F)c2)N1c1ccccc1. The Hall–Kier alpha value is -4.21. The molecule has 0 unspecified atom stereocenters. The number of anilines is 2. The molecular weight excluding hydrogens is 556 g/mol. The summed E-state index contributed by atoms with van der Waals surface area (Å²) in [4.78, 5) is 15.9. The van der Waals surface area contributed by atoms with Crippen LogP contribution in [0.2, 0.25) is 0 Å². The maximum Gasteiger partial charge on any atom is 0.242 e. The summed E-state index contributed by atoms with van der Waals surface area (Å²) in [5.41, 5.74) is 8.64. The first-order valence-electron chi connectivity index (χ1n) is 14.3. The maximum absolute atomic E-state index is 15.2. The molecule has 1 aliphatic heterocycles. The number of hydrogen-bond donors (Lipinski definition) is 3. The Balaban J connectivity index is 1.38. The summed E-state index contributed by atoms with van der Waals surface area (Å²) in [5.74, 6) is -4.32. The summed E-state index contributed by atoms with van der Waals surface area (Å²) < 4.78 is 57.3. The molecule has 4 aromatic carbocycles. The van der Waals surface area contributed by atoms with Crippen LogP contribution in [0, 0.1) is 23.3 Å². The number of nitrogens with one attached hydrogen (secondary N) is 2. The van der Waals surface area contributed by atoms with E-state index in [0.29, 0.717) is 24.0 Å². The highest BCUT2D eigenvalue weighted by molar-refractivity contribution is 5.96. The van der Waals surface area contributed by atoms with Crippen molar-refractivity contribution in [3.05, 3.63) is 131 Å². The minimum Gasteiger partial charge on any atom is -0.363 e. The van der Waals surface area contributed by atoms with Gasteiger partial charge in [0.05, 0.1) is 6.04 Å². The van der Waals surface area contributed by atoms with Crippen molar-refractivity contribution < 1.29 is 22.4 Å². The first-order valence-corrected chi connectivity index (χ1v) is 14.3. The summed E-state index contributed by atoms with van der Waals surface area (Å²) in [6.07, 6.45) is 0.958. The molecule has 4 aromatic rings. The van der Waals surface area contributed by atoms with E-state index in [0.717, 1.165) is 37.0 Å². The Morgan fingerprint density at radius 2 is 1.58 bits per heavy atom. The lowest BCUT2D eigenvalue weighted by Gasteiger charge is -2.43. The largest absolute Gasteiger partial charge is 0.363 e. The number of benzene rings is 4. The van der Waals surface area contributed by atoms with Gasteiger partial charge in [-0.15, -0.1) is 0 Å². The van der Waals surface area contributed by atoms with Gasteiger partial charge >= 0.3 is 0 Å². The van der Waals surface area contributed by atoms with Crippen molar-refractivity contribution in [3.8, 4) is 0 Å². The number of nitrogens with two attached hydrogens (primary N) is 1. The average Bonchev–Trinajstić information content (AvgIpc) is 2.98. The van der Waals surface area contributed by atoms with Gasteiger partial charge in [0.25, 0.3) is 0 Å². The topological polar surface area (TPSA) is 70.4 Å². The zero-order valence-electron chi connectivity index (χ0n) is 23.7. The lowest BCUT2D eigenvalue weighted by Crippen LogP contribution is -2.56. The molecule has 4 N–H and O–H groups in total. The van der Waals surface area contributed by atoms with Crippen LogP contribution in [0.15, 0.2) is 91.0 Å². The van der Waals surface area contributed by atoms with Crippen LogP contribution >= 0.6 is 0 Å². The van der Waals surface area contributed by atoms with Crippen LogP contribution in [0.5, 0.6) is 0 Å². The lowest BCUT2D eigenvalue weighted by molar-refractivity contribution is -0.117. The first-order chi connectivity index (χ1) is 20.7. The van der Waals surface area contributed by atoms with Crippen molar-refractivity contribution in [1.29, 1.82) is 0 Å². The van der Waals surface area contributed by atoms with Crippen molar-refractivity contribution in [1.82, 2.24) is 5.32 Å². The molecule has 0 aromatic heterocycles. The van der Waals surface area contributed by atoms with Crippen LogP contribution in [0.1, 0.15) is 36.0 Å².